The third-order valence-electron chi connectivity index (χ3n) is 3.79. The number of ether oxygens (including phenoxy) is 1. The molecule has 1 amide bonds. The van der Waals surface area contributed by atoms with Crippen molar-refractivity contribution in [3.05, 3.63) is 78.4 Å². The van der Waals surface area contributed by atoms with Gasteiger partial charge in [0.25, 0.3) is 5.91 Å². The Kier molecular flexibility index (Phi) is 5.77. The van der Waals surface area contributed by atoms with Crippen LogP contribution in [0.15, 0.2) is 77.9 Å². The summed E-state index contributed by atoms with van der Waals surface area (Å²) in [6.45, 7) is -0.0654. The monoisotopic (exact) mass is 332 g/mol. The summed E-state index contributed by atoms with van der Waals surface area (Å²) in [5, 5.41) is 6.03. The fourth-order valence-electron chi connectivity index (χ4n) is 2.56. The molecule has 0 aliphatic rings. The molecule has 0 saturated heterocycles. The van der Waals surface area contributed by atoms with E-state index in [1.807, 2.05) is 60.7 Å². The molecule has 25 heavy (non-hydrogen) atoms. The van der Waals surface area contributed by atoms with Gasteiger partial charge in [0.2, 0.25) is 0 Å². The van der Waals surface area contributed by atoms with E-state index in [-0.39, 0.29) is 12.5 Å². The zero-order chi connectivity index (χ0) is 17.3. The fraction of sp³-hybridized carbons (Fsp3) is 0.143. The first kappa shape index (κ1) is 16.7. The number of nitrogens with zero attached hydrogens (tertiary/aromatic N) is 1. The molecular weight excluding hydrogens is 312 g/mol. The Morgan fingerprint density at radius 1 is 0.960 bits per heavy atom. The van der Waals surface area contributed by atoms with E-state index in [0.29, 0.717) is 5.75 Å². The largest absolute Gasteiger partial charge is 0.483 e. The highest BCUT2D eigenvalue weighted by atomic mass is 16.5. The van der Waals surface area contributed by atoms with Crippen LogP contribution >= 0.6 is 0 Å². The minimum absolute atomic E-state index is 0.0654. The van der Waals surface area contributed by atoms with Gasteiger partial charge in [0.05, 0.1) is 0 Å². The Balaban J connectivity index is 1.44. The van der Waals surface area contributed by atoms with Gasteiger partial charge in [0.1, 0.15) is 5.75 Å². The number of benzene rings is 3. The zero-order valence-corrected chi connectivity index (χ0v) is 13.9. The average Bonchev–Trinajstić information content (AvgIpc) is 2.67. The first-order valence-electron chi connectivity index (χ1n) is 8.28. The van der Waals surface area contributed by atoms with Crippen molar-refractivity contribution in [1.29, 1.82) is 0 Å². The SMILES string of the molecule is O=C(COc1cccc2ccccc12)NN=CCCc1ccccc1. The Bertz CT molecular complexity index is 855. The van der Waals surface area contributed by atoms with Crippen LogP contribution in [0.2, 0.25) is 0 Å². The van der Waals surface area contributed by atoms with Gasteiger partial charge < -0.3 is 4.74 Å². The molecule has 0 heterocycles. The minimum Gasteiger partial charge on any atom is -0.483 e. The number of nitrogens with one attached hydrogen (secondary N) is 1. The van der Waals surface area contributed by atoms with Crippen LogP contribution in [0.25, 0.3) is 10.8 Å². The second-order valence-electron chi connectivity index (χ2n) is 5.64. The van der Waals surface area contributed by atoms with E-state index in [2.05, 4.69) is 22.7 Å². The van der Waals surface area contributed by atoms with Crippen LogP contribution < -0.4 is 10.2 Å². The van der Waals surface area contributed by atoms with Crippen LogP contribution in [0.5, 0.6) is 5.75 Å². The molecular formula is C21H20N2O2. The molecule has 3 aromatic carbocycles. The van der Waals surface area contributed by atoms with Crippen LogP contribution in [-0.2, 0) is 11.2 Å². The van der Waals surface area contributed by atoms with Crippen molar-refractivity contribution in [1.82, 2.24) is 5.43 Å². The lowest BCUT2D eigenvalue weighted by atomic mass is 10.1. The van der Waals surface area contributed by atoms with Gasteiger partial charge in [0.15, 0.2) is 6.61 Å². The number of hydrogen-bond donors (Lipinski definition) is 1. The second kappa shape index (κ2) is 8.64. The quantitative estimate of drug-likeness (QED) is 0.526. The predicted octanol–water partition coefficient (Wildman–Crippen LogP) is 3.95. The molecule has 4 heteroatoms. The van der Waals surface area contributed by atoms with Gasteiger partial charge in [-0.2, -0.15) is 5.10 Å². The molecule has 4 nitrogen and oxygen atoms in total. The number of amides is 1. The smallest absolute Gasteiger partial charge is 0.277 e. The van der Waals surface area contributed by atoms with E-state index in [4.69, 9.17) is 4.74 Å². The molecule has 0 aliphatic carbocycles. The van der Waals surface area contributed by atoms with Crippen LogP contribution in [0.1, 0.15) is 12.0 Å². The summed E-state index contributed by atoms with van der Waals surface area (Å²) in [4.78, 5) is 11.8. The molecule has 0 atom stereocenters. The Hall–Kier alpha value is -3.14. The molecule has 0 aliphatic heterocycles. The van der Waals surface area contributed by atoms with E-state index in [1.54, 1.807) is 6.21 Å². The van der Waals surface area contributed by atoms with Gasteiger partial charge in [-0.05, 0) is 29.9 Å². The maximum atomic E-state index is 11.8. The fourth-order valence-corrected chi connectivity index (χ4v) is 2.56. The molecule has 0 fully saturated rings. The highest BCUT2D eigenvalue weighted by Crippen LogP contribution is 2.24. The summed E-state index contributed by atoms with van der Waals surface area (Å²) in [6, 6.07) is 23.9. The molecule has 0 radical (unpaired) electrons. The number of hydrogen-bond acceptors (Lipinski definition) is 3. The van der Waals surface area contributed by atoms with Crippen molar-refractivity contribution < 1.29 is 9.53 Å². The molecule has 3 rings (SSSR count). The van der Waals surface area contributed by atoms with E-state index >= 15 is 0 Å². The zero-order valence-electron chi connectivity index (χ0n) is 13.9. The molecule has 0 bridgehead atoms. The molecule has 3 aromatic rings. The molecule has 126 valence electrons. The maximum Gasteiger partial charge on any atom is 0.277 e. The molecule has 0 unspecified atom stereocenters. The maximum absolute atomic E-state index is 11.8. The summed E-state index contributed by atoms with van der Waals surface area (Å²) < 4.78 is 5.62. The number of rotatable bonds is 7. The highest BCUT2D eigenvalue weighted by Gasteiger charge is 2.04. The Labute approximate surface area is 147 Å². The van der Waals surface area contributed by atoms with Gasteiger partial charge in [-0.1, -0.05) is 66.7 Å². The van der Waals surface area contributed by atoms with Crippen molar-refractivity contribution in [3.8, 4) is 5.75 Å². The number of aryl methyl sites for hydroxylation is 1. The first-order chi connectivity index (χ1) is 12.3. The van der Waals surface area contributed by atoms with Crippen molar-refractivity contribution in [2.45, 2.75) is 12.8 Å². The number of fused-ring (bicyclic) bond motifs is 1. The molecule has 1 N–H and O–H groups in total. The first-order valence-corrected chi connectivity index (χ1v) is 8.28. The topological polar surface area (TPSA) is 50.7 Å². The molecule has 0 spiro atoms. The van der Waals surface area contributed by atoms with Crippen molar-refractivity contribution in [2.24, 2.45) is 5.10 Å². The standard InChI is InChI=1S/C21H20N2O2/c24-21(23-22-15-7-10-17-8-2-1-3-9-17)16-25-20-14-6-12-18-11-4-5-13-19(18)20/h1-6,8-9,11-15H,7,10,16H2,(H,23,24). The average molecular weight is 332 g/mol. The van der Waals surface area contributed by atoms with Crippen molar-refractivity contribution in [3.63, 3.8) is 0 Å². The van der Waals surface area contributed by atoms with Gasteiger partial charge in [-0.3, -0.25) is 4.79 Å². The van der Waals surface area contributed by atoms with Crippen LogP contribution in [0, 0.1) is 0 Å². The van der Waals surface area contributed by atoms with E-state index in [0.717, 1.165) is 23.6 Å². The Morgan fingerprint density at radius 2 is 1.72 bits per heavy atom. The number of carbonyl (C=O) groups excluding carboxylic acids is 1. The third kappa shape index (κ3) is 4.91. The lowest BCUT2D eigenvalue weighted by molar-refractivity contribution is -0.123. The summed E-state index contributed by atoms with van der Waals surface area (Å²) >= 11 is 0. The number of carbonyl (C=O) groups is 1. The van der Waals surface area contributed by atoms with Gasteiger partial charge >= 0.3 is 0 Å². The normalized spacial score (nSPS) is 10.9. The van der Waals surface area contributed by atoms with Crippen LogP contribution in [0.4, 0.5) is 0 Å². The molecule has 0 aromatic heterocycles. The third-order valence-corrected chi connectivity index (χ3v) is 3.79. The molecule has 0 saturated carbocycles. The summed E-state index contributed by atoms with van der Waals surface area (Å²) in [5.74, 6) is 0.421. The van der Waals surface area contributed by atoms with Crippen molar-refractivity contribution >= 4 is 22.9 Å². The highest BCUT2D eigenvalue weighted by molar-refractivity contribution is 5.88. The van der Waals surface area contributed by atoms with Gasteiger partial charge in [0, 0.05) is 11.6 Å². The van der Waals surface area contributed by atoms with Crippen LogP contribution in [-0.4, -0.2) is 18.7 Å². The lowest BCUT2D eigenvalue weighted by Gasteiger charge is -2.08. The summed E-state index contributed by atoms with van der Waals surface area (Å²) in [6.07, 6.45) is 3.38. The summed E-state index contributed by atoms with van der Waals surface area (Å²) in [7, 11) is 0. The predicted molar refractivity (Wildman–Crippen MR) is 101 cm³/mol. The van der Waals surface area contributed by atoms with E-state index < -0.39 is 0 Å². The number of hydrazone groups is 1. The minimum atomic E-state index is -0.274. The second-order valence-corrected chi connectivity index (χ2v) is 5.64. The van der Waals surface area contributed by atoms with Crippen molar-refractivity contribution in [2.75, 3.05) is 6.61 Å². The summed E-state index contributed by atoms with van der Waals surface area (Å²) in [5.41, 5.74) is 3.74. The van der Waals surface area contributed by atoms with E-state index in [1.165, 1.54) is 5.56 Å². The van der Waals surface area contributed by atoms with Gasteiger partial charge in [-0.15, -0.1) is 0 Å². The van der Waals surface area contributed by atoms with E-state index in [9.17, 15) is 4.79 Å². The lowest BCUT2D eigenvalue weighted by Crippen LogP contribution is -2.24. The Morgan fingerprint density at radius 3 is 2.60 bits per heavy atom. The van der Waals surface area contributed by atoms with Crippen LogP contribution in [0.3, 0.4) is 0 Å². The van der Waals surface area contributed by atoms with Gasteiger partial charge in [-0.25, -0.2) is 5.43 Å².